The van der Waals surface area contributed by atoms with Crippen molar-refractivity contribution >= 4 is 30.0 Å². The third kappa shape index (κ3) is 10.3. The van der Waals surface area contributed by atoms with Crippen LogP contribution in [0.4, 0.5) is 4.79 Å². The van der Waals surface area contributed by atoms with Crippen molar-refractivity contribution in [3.8, 4) is 22.6 Å². The number of benzene rings is 3. The molecule has 1 amide bonds. The number of methoxy groups -OCH3 is 1. The molecule has 55 heavy (non-hydrogen) atoms. The van der Waals surface area contributed by atoms with Gasteiger partial charge in [0, 0.05) is 44.9 Å². The van der Waals surface area contributed by atoms with Crippen molar-refractivity contribution in [3.05, 3.63) is 83.4 Å². The average Bonchev–Trinajstić information content (AvgIpc) is 3.48. The lowest BCUT2D eigenvalue weighted by Gasteiger charge is -2.43. The summed E-state index contributed by atoms with van der Waals surface area (Å²) >= 11 is 0. The first-order chi connectivity index (χ1) is 26.5. The normalized spacial score (nSPS) is 19.9. The van der Waals surface area contributed by atoms with Crippen LogP contribution in [-0.4, -0.2) is 106 Å². The molecule has 2 N–H and O–H groups in total. The van der Waals surface area contributed by atoms with Gasteiger partial charge >= 0.3 is 30.0 Å². The minimum atomic E-state index is -1.66. The zero-order chi connectivity index (χ0) is 39.5. The number of esters is 4. The molecule has 1 saturated heterocycles. The fourth-order valence-corrected chi connectivity index (χ4v) is 6.36. The molecule has 0 aromatic heterocycles. The molecule has 0 bridgehead atoms. The average molecular weight is 766 g/mol. The van der Waals surface area contributed by atoms with Crippen molar-refractivity contribution in [2.75, 3.05) is 40.1 Å². The quantitative estimate of drug-likeness (QED) is 0.122. The molecule has 5 atom stereocenters. The summed E-state index contributed by atoms with van der Waals surface area (Å²) in [4.78, 5) is 61.4. The van der Waals surface area contributed by atoms with E-state index in [-0.39, 0.29) is 56.0 Å². The Morgan fingerprint density at radius 2 is 1.38 bits per heavy atom. The fourth-order valence-electron chi connectivity index (χ4n) is 6.36. The van der Waals surface area contributed by atoms with Crippen LogP contribution in [-0.2, 0) is 58.9 Å². The molecular formula is C39H43NO15. The molecule has 16 nitrogen and oxygen atoms in total. The first-order valence-corrected chi connectivity index (χ1v) is 17.5. The van der Waals surface area contributed by atoms with Gasteiger partial charge in [-0.05, 0) is 34.4 Å². The van der Waals surface area contributed by atoms with Crippen molar-refractivity contribution in [1.29, 1.82) is 0 Å². The highest BCUT2D eigenvalue weighted by Crippen LogP contribution is 2.44. The van der Waals surface area contributed by atoms with Gasteiger partial charge in [0.2, 0.25) is 12.4 Å². The molecular weight excluding hydrogens is 722 g/mol. The number of hydrogen-bond donors (Lipinski definition) is 2. The summed E-state index contributed by atoms with van der Waals surface area (Å²) in [6, 6.07) is 20.7. The monoisotopic (exact) mass is 765 g/mol. The van der Waals surface area contributed by atoms with Crippen molar-refractivity contribution in [1.82, 2.24) is 5.32 Å². The standard InChI is InChI=1S/C39H43NO15/c1-22(42)51-33-34(52-23(2)43)36(53-24(3)44)38(55-35(33)37(45)47-4)54-32-19-26(14-13-25(32)20-41)49-18-17-48-16-15-40-39(46)50-21-31-29-11-7-5-9-27(29)28-10-6-8-12-30(28)31/h5-14,19,31,33-36,38,41H,15-18,20-21H2,1-4H3,(H,40,46). The van der Waals surface area contributed by atoms with Crippen molar-refractivity contribution in [3.63, 3.8) is 0 Å². The zero-order valence-corrected chi connectivity index (χ0v) is 30.7. The van der Waals surface area contributed by atoms with Gasteiger partial charge in [-0.1, -0.05) is 48.5 Å². The summed E-state index contributed by atoms with van der Waals surface area (Å²) < 4.78 is 49.6. The number of fused-ring (bicyclic) bond motifs is 3. The van der Waals surface area contributed by atoms with Crippen LogP contribution in [0, 0.1) is 0 Å². The summed E-state index contributed by atoms with van der Waals surface area (Å²) in [6.45, 7) is 3.53. The van der Waals surface area contributed by atoms with Gasteiger partial charge in [0.05, 0.1) is 26.9 Å². The molecule has 294 valence electrons. The maximum Gasteiger partial charge on any atom is 0.407 e. The highest BCUT2D eigenvalue weighted by molar-refractivity contribution is 5.79. The molecule has 5 rings (SSSR count). The van der Waals surface area contributed by atoms with Crippen molar-refractivity contribution in [2.45, 2.75) is 64.0 Å². The second-order valence-electron chi connectivity index (χ2n) is 12.4. The third-order valence-corrected chi connectivity index (χ3v) is 8.64. The van der Waals surface area contributed by atoms with Crippen molar-refractivity contribution < 1.29 is 71.7 Å². The Bertz CT molecular complexity index is 1800. The number of nitrogens with one attached hydrogen (secondary N) is 1. The number of carbonyl (C=O) groups is 5. The molecule has 1 aliphatic heterocycles. The molecule has 1 heterocycles. The second-order valence-corrected chi connectivity index (χ2v) is 12.4. The number of amides is 1. The molecule has 1 fully saturated rings. The lowest BCUT2D eigenvalue weighted by Crippen LogP contribution is -2.64. The topological polar surface area (TPSA) is 201 Å². The van der Waals surface area contributed by atoms with Crippen LogP contribution in [0.5, 0.6) is 11.5 Å². The molecule has 3 aromatic carbocycles. The van der Waals surface area contributed by atoms with E-state index in [1.54, 1.807) is 6.07 Å². The van der Waals surface area contributed by atoms with E-state index in [1.807, 2.05) is 36.4 Å². The minimum absolute atomic E-state index is 0.00601. The van der Waals surface area contributed by atoms with Gasteiger partial charge in [0.1, 0.15) is 24.7 Å². The molecule has 2 aliphatic rings. The largest absolute Gasteiger partial charge is 0.491 e. The molecule has 3 aromatic rings. The summed E-state index contributed by atoms with van der Waals surface area (Å²) in [5.74, 6) is -3.27. The molecule has 5 unspecified atom stereocenters. The van der Waals surface area contributed by atoms with Crippen LogP contribution in [0.1, 0.15) is 43.4 Å². The Morgan fingerprint density at radius 1 is 0.764 bits per heavy atom. The Morgan fingerprint density at radius 3 is 2.00 bits per heavy atom. The molecule has 0 radical (unpaired) electrons. The summed E-state index contributed by atoms with van der Waals surface area (Å²) in [5.41, 5.74) is 4.77. The van der Waals surface area contributed by atoms with Gasteiger partial charge in [-0.15, -0.1) is 0 Å². The zero-order valence-electron chi connectivity index (χ0n) is 30.7. The van der Waals surface area contributed by atoms with Crippen molar-refractivity contribution in [2.24, 2.45) is 0 Å². The maximum atomic E-state index is 12.8. The number of alkyl carbamates (subject to hydrolysis) is 1. The first kappa shape index (κ1) is 40.5. The van der Waals surface area contributed by atoms with E-state index in [0.717, 1.165) is 50.1 Å². The van der Waals surface area contributed by atoms with Crippen LogP contribution in [0.25, 0.3) is 11.1 Å². The van der Waals surface area contributed by atoms with Crippen LogP contribution >= 0.6 is 0 Å². The predicted molar refractivity (Wildman–Crippen MR) is 190 cm³/mol. The molecule has 16 heteroatoms. The van der Waals surface area contributed by atoms with E-state index in [9.17, 15) is 29.1 Å². The summed E-state index contributed by atoms with van der Waals surface area (Å²) in [5, 5.41) is 12.7. The van der Waals surface area contributed by atoms with Gasteiger partial charge in [-0.3, -0.25) is 14.4 Å². The first-order valence-electron chi connectivity index (χ1n) is 17.5. The molecule has 0 spiro atoms. The number of rotatable bonds is 16. The smallest absolute Gasteiger partial charge is 0.407 e. The minimum Gasteiger partial charge on any atom is -0.491 e. The van der Waals surface area contributed by atoms with E-state index < -0.39 is 67.3 Å². The number of carbonyl (C=O) groups excluding carboxylic acids is 5. The lowest BCUT2D eigenvalue weighted by atomic mass is 9.97. The summed E-state index contributed by atoms with van der Waals surface area (Å²) in [7, 11) is 1.07. The highest BCUT2D eigenvalue weighted by atomic mass is 16.7. The number of aliphatic hydroxyl groups is 1. The van der Waals surface area contributed by atoms with Crippen LogP contribution in [0.3, 0.4) is 0 Å². The van der Waals surface area contributed by atoms with E-state index in [2.05, 4.69) is 17.4 Å². The summed E-state index contributed by atoms with van der Waals surface area (Å²) in [6.07, 6.45) is -8.52. The number of aliphatic hydroxyl groups excluding tert-OH is 1. The number of hydrogen-bond acceptors (Lipinski definition) is 15. The van der Waals surface area contributed by atoms with E-state index in [1.165, 1.54) is 12.1 Å². The van der Waals surface area contributed by atoms with Crippen LogP contribution < -0.4 is 14.8 Å². The van der Waals surface area contributed by atoms with Gasteiger partial charge in [-0.2, -0.15) is 0 Å². The highest BCUT2D eigenvalue weighted by Gasteiger charge is 2.56. The second kappa shape index (κ2) is 19.1. The van der Waals surface area contributed by atoms with Gasteiger partial charge < -0.3 is 53.1 Å². The number of ether oxygens (including phenoxy) is 9. The Balaban J connectivity index is 1.13. The van der Waals surface area contributed by atoms with Crippen LogP contribution in [0.2, 0.25) is 0 Å². The van der Waals surface area contributed by atoms with E-state index in [0.29, 0.717) is 0 Å². The Kier molecular flexibility index (Phi) is 14.0. The fraction of sp³-hybridized carbons (Fsp3) is 0.410. The molecule has 1 aliphatic carbocycles. The maximum absolute atomic E-state index is 12.8. The lowest BCUT2D eigenvalue weighted by molar-refractivity contribution is -0.282. The van der Waals surface area contributed by atoms with E-state index in [4.69, 9.17) is 42.6 Å². The Hall–Kier alpha value is -5.71. The van der Waals surface area contributed by atoms with Gasteiger partial charge in [-0.25, -0.2) is 9.59 Å². The van der Waals surface area contributed by atoms with Crippen LogP contribution in [0.15, 0.2) is 66.7 Å². The Labute approximate surface area is 316 Å². The SMILES string of the molecule is COC(=O)C1OC(Oc2cc(OCCOCCNC(=O)OCC3c4ccccc4-c4ccccc43)ccc2CO)C(OC(C)=O)C(OC(C)=O)C1OC(C)=O. The predicted octanol–water partition coefficient (Wildman–Crippen LogP) is 3.18. The van der Waals surface area contributed by atoms with Gasteiger partial charge in [0.15, 0.2) is 18.3 Å². The third-order valence-electron chi connectivity index (χ3n) is 8.64. The molecule has 0 saturated carbocycles. The van der Waals surface area contributed by atoms with Gasteiger partial charge in [0.25, 0.3) is 0 Å². The van der Waals surface area contributed by atoms with E-state index >= 15 is 0 Å².